The summed E-state index contributed by atoms with van der Waals surface area (Å²) in [5, 5.41) is 24.2. The molecule has 102 valence electrons. The summed E-state index contributed by atoms with van der Waals surface area (Å²) in [6, 6.07) is 7.92. The van der Waals surface area contributed by atoms with Crippen LogP contribution in [0.1, 0.15) is 6.42 Å². The average molecular weight is 264 g/mol. The Morgan fingerprint density at radius 2 is 1.95 bits per heavy atom. The first-order valence-corrected chi connectivity index (χ1v) is 6.05. The number of anilines is 1. The average Bonchev–Trinajstić information content (AvgIpc) is 2.71. The molecule has 4 N–H and O–H groups in total. The number of rotatable bonds is 4. The third-order valence-electron chi connectivity index (χ3n) is 3.02. The lowest BCUT2D eigenvalue weighted by Crippen LogP contribution is -2.41. The second kappa shape index (κ2) is 5.92. The zero-order chi connectivity index (χ0) is 13.8. The molecule has 1 amide bonds. The van der Waals surface area contributed by atoms with Gasteiger partial charge in [0.25, 0.3) is 0 Å². The molecule has 1 aliphatic rings. The zero-order valence-electron chi connectivity index (χ0n) is 10.2. The number of carbonyl (C=O) groups is 2. The fourth-order valence-electron chi connectivity index (χ4n) is 2.01. The molecule has 1 aliphatic heterocycles. The largest absolute Gasteiger partial charge is 0.389 e. The molecule has 0 aromatic heterocycles. The van der Waals surface area contributed by atoms with Crippen LogP contribution in [0.15, 0.2) is 30.3 Å². The molecule has 6 nitrogen and oxygen atoms in total. The molecular weight excluding hydrogens is 248 g/mol. The van der Waals surface area contributed by atoms with Gasteiger partial charge in [-0.05, 0) is 12.1 Å². The van der Waals surface area contributed by atoms with E-state index in [9.17, 15) is 19.8 Å². The molecule has 0 saturated carbocycles. The normalized spacial score (nSPS) is 26.1. The summed E-state index contributed by atoms with van der Waals surface area (Å²) in [5.41, 5.74) is 0.611. The predicted molar refractivity (Wildman–Crippen MR) is 68.5 cm³/mol. The Morgan fingerprint density at radius 1 is 1.26 bits per heavy atom. The maximum atomic E-state index is 11.8. The summed E-state index contributed by atoms with van der Waals surface area (Å²) in [6.07, 6.45) is -2.46. The van der Waals surface area contributed by atoms with Crippen molar-refractivity contribution in [1.82, 2.24) is 5.32 Å². The van der Waals surface area contributed by atoms with Gasteiger partial charge in [-0.3, -0.25) is 9.59 Å². The Balaban J connectivity index is 1.87. The topological polar surface area (TPSA) is 98.7 Å². The monoisotopic (exact) mass is 264 g/mol. The summed E-state index contributed by atoms with van der Waals surface area (Å²) >= 11 is 0. The van der Waals surface area contributed by atoms with E-state index in [1.54, 1.807) is 24.3 Å². The van der Waals surface area contributed by atoms with Crippen LogP contribution >= 0.6 is 0 Å². The van der Waals surface area contributed by atoms with Crippen LogP contribution < -0.4 is 10.6 Å². The van der Waals surface area contributed by atoms with Crippen LogP contribution in [0.25, 0.3) is 0 Å². The van der Waals surface area contributed by atoms with Gasteiger partial charge in [0.15, 0.2) is 5.78 Å². The minimum atomic E-state index is -1.16. The molecule has 1 fully saturated rings. The van der Waals surface area contributed by atoms with Gasteiger partial charge in [0.05, 0.1) is 18.6 Å². The number of β-amino-alcohol motifs (C(OH)–C–C–N with tert-alkyl or cyclic N) is 1. The van der Waals surface area contributed by atoms with Crippen molar-refractivity contribution in [3.8, 4) is 0 Å². The standard InChI is InChI=1S/C13H16N2O4/c16-9(12-13(19)10(17)7-14-12)6-11(18)15-8-4-2-1-3-5-8/h1-5,10,12-14,17,19H,6-7H2,(H,15,18)/t10-,12-,13+/m1/s1. The number of hydrogen-bond acceptors (Lipinski definition) is 5. The van der Waals surface area contributed by atoms with Crippen LogP contribution in [0.2, 0.25) is 0 Å². The molecule has 3 atom stereocenters. The van der Waals surface area contributed by atoms with Crippen molar-refractivity contribution in [3.05, 3.63) is 30.3 Å². The van der Waals surface area contributed by atoms with Crippen molar-refractivity contribution in [3.63, 3.8) is 0 Å². The summed E-state index contributed by atoms with van der Waals surface area (Å²) in [5.74, 6) is -0.871. The number of ketones is 1. The van der Waals surface area contributed by atoms with E-state index in [4.69, 9.17) is 0 Å². The Morgan fingerprint density at radius 3 is 2.53 bits per heavy atom. The third kappa shape index (κ3) is 3.37. The highest BCUT2D eigenvalue weighted by molar-refractivity contribution is 6.06. The summed E-state index contributed by atoms with van der Waals surface area (Å²) in [4.78, 5) is 23.5. The fraction of sp³-hybridized carbons (Fsp3) is 0.385. The Kier molecular flexibility index (Phi) is 4.26. The highest BCUT2D eigenvalue weighted by Crippen LogP contribution is 2.11. The molecule has 0 bridgehead atoms. The molecule has 6 heteroatoms. The maximum Gasteiger partial charge on any atom is 0.231 e. The number of carbonyl (C=O) groups excluding carboxylic acids is 2. The molecule has 0 spiro atoms. The van der Waals surface area contributed by atoms with E-state index in [1.807, 2.05) is 6.07 Å². The molecule has 1 aromatic rings. The van der Waals surface area contributed by atoms with Crippen molar-refractivity contribution in [2.45, 2.75) is 24.7 Å². The first-order chi connectivity index (χ1) is 9.08. The Labute approximate surface area is 110 Å². The van der Waals surface area contributed by atoms with Crippen LogP contribution in [0, 0.1) is 0 Å². The van der Waals surface area contributed by atoms with Crippen molar-refractivity contribution in [1.29, 1.82) is 0 Å². The Bertz CT molecular complexity index is 463. The van der Waals surface area contributed by atoms with Gasteiger partial charge in [0.2, 0.25) is 5.91 Å². The van der Waals surface area contributed by atoms with E-state index < -0.39 is 29.9 Å². The summed E-state index contributed by atoms with van der Waals surface area (Å²) < 4.78 is 0. The summed E-state index contributed by atoms with van der Waals surface area (Å²) in [6.45, 7) is 0.151. The molecule has 19 heavy (non-hydrogen) atoms. The SMILES string of the molecule is O=C(CC(=O)[C@H]1NC[C@@H](O)[C@@H]1O)Nc1ccccc1. The number of hydrogen-bond donors (Lipinski definition) is 4. The van der Waals surface area contributed by atoms with Gasteiger partial charge in [-0.2, -0.15) is 0 Å². The highest BCUT2D eigenvalue weighted by atomic mass is 16.3. The van der Waals surface area contributed by atoms with Crippen LogP contribution in [0.5, 0.6) is 0 Å². The van der Waals surface area contributed by atoms with Gasteiger partial charge in [-0.25, -0.2) is 0 Å². The number of amides is 1. The van der Waals surface area contributed by atoms with E-state index >= 15 is 0 Å². The minimum Gasteiger partial charge on any atom is -0.389 e. The van der Waals surface area contributed by atoms with Crippen LogP contribution in [-0.4, -0.2) is 46.7 Å². The highest BCUT2D eigenvalue weighted by Gasteiger charge is 2.38. The number of Topliss-reactive ketones (excluding diaryl/α,β-unsaturated/α-hetero) is 1. The van der Waals surface area contributed by atoms with Crippen LogP contribution in [-0.2, 0) is 9.59 Å². The second-order valence-corrected chi connectivity index (χ2v) is 4.50. The lowest BCUT2D eigenvalue weighted by atomic mass is 10.0. The van der Waals surface area contributed by atoms with Gasteiger partial charge in [-0.15, -0.1) is 0 Å². The number of benzene rings is 1. The lowest BCUT2D eigenvalue weighted by Gasteiger charge is -2.14. The first kappa shape index (κ1) is 13.7. The van der Waals surface area contributed by atoms with Gasteiger partial charge >= 0.3 is 0 Å². The van der Waals surface area contributed by atoms with Crippen LogP contribution in [0.3, 0.4) is 0 Å². The molecule has 1 saturated heterocycles. The second-order valence-electron chi connectivity index (χ2n) is 4.50. The molecule has 0 unspecified atom stereocenters. The molecule has 1 aromatic carbocycles. The number of para-hydroxylation sites is 1. The van der Waals surface area contributed by atoms with Gasteiger partial charge in [-0.1, -0.05) is 18.2 Å². The molecule has 0 aliphatic carbocycles. The number of nitrogens with one attached hydrogen (secondary N) is 2. The quantitative estimate of drug-likeness (QED) is 0.538. The van der Waals surface area contributed by atoms with E-state index in [0.29, 0.717) is 5.69 Å². The van der Waals surface area contributed by atoms with Crippen molar-refractivity contribution >= 4 is 17.4 Å². The molecular formula is C13H16N2O4. The van der Waals surface area contributed by atoms with E-state index in [-0.39, 0.29) is 13.0 Å². The maximum absolute atomic E-state index is 11.8. The van der Waals surface area contributed by atoms with Gasteiger partial charge in [0.1, 0.15) is 6.10 Å². The zero-order valence-corrected chi connectivity index (χ0v) is 10.2. The number of aliphatic hydroxyl groups is 2. The van der Waals surface area contributed by atoms with Crippen molar-refractivity contribution in [2.75, 3.05) is 11.9 Å². The molecule has 0 radical (unpaired) electrons. The van der Waals surface area contributed by atoms with Gasteiger partial charge in [0, 0.05) is 12.2 Å². The summed E-state index contributed by atoms with van der Waals surface area (Å²) in [7, 11) is 0. The van der Waals surface area contributed by atoms with Crippen molar-refractivity contribution in [2.24, 2.45) is 0 Å². The molecule has 2 rings (SSSR count). The predicted octanol–water partition coefficient (Wildman–Crippen LogP) is -0.722. The Hall–Kier alpha value is -1.76. The van der Waals surface area contributed by atoms with E-state index in [0.717, 1.165) is 0 Å². The van der Waals surface area contributed by atoms with Crippen LogP contribution in [0.4, 0.5) is 5.69 Å². The van der Waals surface area contributed by atoms with Crippen molar-refractivity contribution < 1.29 is 19.8 Å². The lowest BCUT2D eigenvalue weighted by molar-refractivity contribution is -0.128. The number of aliphatic hydroxyl groups excluding tert-OH is 2. The minimum absolute atomic E-state index is 0.151. The smallest absolute Gasteiger partial charge is 0.231 e. The fourth-order valence-corrected chi connectivity index (χ4v) is 2.01. The van der Waals surface area contributed by atoms with E-state index in [1.165, 1.54) is 0 Å². The molecule has 1 heterocycles. The first-order valence-electron chi connectivity index (χ1n) is 6.05. The third-order valence-corrected chi connectivity index (χ3v) is 3.02. The van der Waals surface area contributed by atoms with Gasteiger partial charge < -0.3 is 20.8 Å². The van der Waals surface area contributed by atoms with E-state index in [2.05, 4.69) is 10.6 Å².